The van der Waals surface area contributed by atoms with Crippen LogP contribution in [0.25, 0.3) is 0 Å². The van der Waals surface area contributed by atoms with Crippen LogP contribution in [0.2, 0.25) is 0 Å². The van der Waals surface area contributed by atoms with Gasteiger partial charge in [-0.15, -0.1) is 0 Å². The van der Waals surface area contributed by atoms with Crippen LogP contribution in [-0.2, 0) is 28.7 Å². The molecule has 3 heterocycles. The summed E-state index contributed by atoms with van der Waals surface area (Å²) in [4.78, 5) is 46.4. The molecule has 2 bridgehead atoms. The van der Waals surface area contributed by atoms with Gasteiger partial charge >= 0.3 is 23.9 Å². The average molecular weight is 252 g/mol. The molecule has 1 saturated carbocycles. The van der Waals surface area contributed by atoms with Gasteiger partial charge in [-0.05, 0) is 24.7 Å². The van der Waals surface area contributed by atoms with Crippen molar-refractivity contribution in [3.05, 3.63) is 0 Å². The van der Waals surface area contributed by atoms with Crippen LogP contribution in [-0.4, -0.2) is 23.9 Å². The van der Waals surface area contributed by atoms with Gasteiger partial charge in [0.05, 0.1) is 11.8 Å². The predicted molar refractivity (Wildman–Crippen MR) is 54.6 cm³/mol. The lowest BCUT2D eigenvalue weighted by Gasteiger charge is -2.32. The largest absolute Gasteiger partial charge is 0.393 e. The molecule has 96 valence electrons. The minimum absolute atomic E-state index is 0.00199. The van der Waals surface area contributed by atoms with E-state index in [9.17, 15) is 19.2 Å². The summed E-state index contributed by atoms with van der Waals surface area (Å²) in [7, 11) is 0. The molecule has 0 aromatic rings. The molecule has 4 atom stereocenters. The highest BCUT2D eigenvalue weighted by molar-refractivity contribution is 5.98. The van der Waals surface area contributed by atoms with E-state index in [-0.39, 0.29) is 24.7 Å². The van der Waals surface area contributed by atoms with Gasteiger partial charge in [0.2, 0.25) is 0 Å². The van der Waals surface area contributed by atoms with E-state index in [1.807, 2.05) is 0 Å². The van der Waals surface area contributed by atoms with Crippen molar-refractivity contribution in [3.63, 3.8) is 0 Å². The lowest BCUT2D eigenvalue weighted by Crippen LogP contribution is -2.37. The zero-order valence-corrected chi connectivity index (χ0v) is 9.59. The summed E-state index contributed by atoms with van der Waals surface area (Å²) >= 11 is 0. The van der Waals surface area contributed by atoms with Crippen molar-refractivity contribution >= 4 is 23.9 Å². The third kappa shape index (κ3) is 1.63. The van der Waals surface area contributed by atoms with Crippen LogP contribution in [0.5, 0.6) is 0 Å². The third-order valence-corrected chi connectivity index (χ3v) is 4.14. The zero-order valence-electron chi connectivity index (χ0n) is 9.59. The number of carbonyl (C=O) groups is 4. The van der Waals surface area contributed by atoms with E-state index in [2.05, 4.69) is 9.47 Å². The lowest BCUT2D eigenvalue weighted by atomic mass is 9.66. The molecule has 4 rings (SSSR count). The van der Waals surface area contributed by atoms with Gasteiger partial charge in [0.1, 0.15) is 0 Å². The SMILES string of the molecule is O=C1CC2CCC(CC(=O)O1)C1C(=O)OC(=O)C21. The molecule has 4 unspecified atom stereocenters. The summed E-state index contributed by atoms with van der Waals surface area (Å²) in [6.07, 6.45) is 1.30. The number of cyclic esters (lactones) is 2. The summed E-state index contributed by atoms with van der Waals surface area (Å²) in [5, 5.41) is 0. The van der Waals surface area contributed by atoms with Crippen molar-refractivity contribution in [1.82, 2.24) is 0 Å². The van der Waals surface area contributed by atoms with Crippen LogP contribution in [0.15, 0.2) is 0 Å². The molecule has 4 fully saturated rings. The molecule has 18 heavy (non-hydrogen) atoms. The molecule has 0 radical (unpaired) electrons. The first kappa shape index (κ1) is 11.4. The normalized spacial score (nSPS) is 39.6. The lowest BCUT2D eigenvalue weighted by molar-refractivity contribution is -0.160. The molecule has 0 aromatic carbocycles. The second-order valence-electron chi connectivity index (χ2n) is 5.14. The Kier molecular flexibility index (Phi) is 2.46. The van der Waals surface area contributed by atoms with Crippen molar-refractivity contribution in [1.29, 1.82) is 0 Å². The smallest absolute Gasteiger partial charge is 0.317 e. The van der Waals surface area contributed by atoms with Gasteiger partial charge in [0, 0.05) is 12.8 Å². The molecule has 3 aliphatic heterocycles. The van der Waals surface area contributed by atoms with Crippen LogP contribution < -0.4 is 0 Å². The monoisotopic (exact) mass is 252 g/mol. The Morgan fingerprint density at radius 2 is 1.17 bits per heavy atom. The number of esters is 4. The van der Waals surface area contributed by atoms with E-state index in [0.29, 0.717) is 12.8 Å². The van der Waals surface area contributed by atoms with Crippen molar-refractivity contribution in [2.24, 2.45) is 23.7 Å². The summed E-state index contributed by atoms with van der Waals surface area (Å²) in [5.74, 6) is -3.97. The van der Waals surface area contributed by atoms with Gasteiger partial charge in [0.15, 0.2) is 0 Å². The zero-order chi connectivity index (χ0) is 12.9. The molecule has 3 saturated heterocycles. The van der Waals surface area contributed by atoms with Crippen LogP contribution in [0.1, 0.15) is 25.7 Å². The molecule has 0 spiro atoms. The maximum Gasteiger partial charge on any atom is 0.317 e. The molecule has 0 amide bonds. The van der Waals surface area contributed by atoms with Crippen LogP contribution in [0.4, 0.5) is 0 Å². The van der Waals surface area contributed by atoms with Gasteiger partial charge in [-0.1, -0.05) is 0 Å². The third-order valence-electron chi connectivity index (χ3n) is 4.14. The van der Waals surface area contributed by atoms with Crippen molar-refractivity contribution in [3.8, 4) is 0 Å². The summed E-state index contributed by atoms with van der Waals surface area (Å²) in [6.45, 7) is 0. The number of hydrogen-bond acceptors (Lipinski definition) is 6. The maximum absolute atomic E-state index is 11.7. The Balaban J connectivity index is 1.99. The fourth-order valence-corrected chi connectivity index (χ4v) is 3.38. The Bertz CT molecular complexity index is 413. The highest BCUT2D eigenvalue weighted by Gasteiger charge is 2.55. The highest BCUT2D eigenvalue weighted by Crippen LogP contribution is 2.47. The second kappa shape index (κ2) is 3.90. The number of carbonyl (C=O) groups excluding carboxylic acids is 4. The highest BCUT2D eigenvalue weighted by atomic mass is 16.6. The first-order valence-electron chi connectivity index (χ1n) is 6.05. The quantitative estimate of drug-likeness (QED) is 0.452. The molecule has 6 nitrogen and oxygen atoms in total. The Hall–Kier alpha value is -1.72. The number of rotatable bonds is 0. The van der Waals surface area contributed by atoms with E-state index < -0.39 is 35.7 Å². The average Bonchev–Trinajstić information content (AvgIpc) is 2.61. The Morgan fingerprint density at radius 1 is 0.722 bits per heavy atom. The van der Waals surface area contributed by atoms with E-state index in [4.69, 9.17) is 0 Å². The predicted octanol–water partition coefficient (Wildman–Crippen LogP) is 0.192. The van der Waals surface area contributed by atoms with E-state index >= 15 is 0 Å². The molecule has 0 aromatic heterocycles. The summed E-state index contributed by atoms with van der Waals surface area (Å²) in [6, 6.07) is 0. The molecule has 1 aliphatic carbocycles. The van der Waals surface area contributed by atoms with Crippen molar-refractivity contribution in [2.45, 2.75) is 25.7 Å². The van der Waals surface area contributed by atoms with Gasteiger partial charge in [-0.25, -0.2) is 0 Å². The van der Waals surface area contributed by atoms with Gasteiger partial charge in [-0.3, -0.25) is 19.2 Å². The minimum atomic E-state index is -0.613. The van der Waals surface area contributed by atoms with Crippen LogP contribution >= 0.6 is 0 Å². The number of fused-ring (bicyclic) bond motifs is 5. The Labute approximate surface area is 103 Å². The molecular weight excluding hydrogens is 240 g/mol. The minimum Gasteiger partial charge on any atom is -0.393 e. The Morgan fingerprint density at radius 3 is 1.61 bits per heavy atom. The maximum atomic E-state index is 11.7. The standard InChI is InChI=1S/C12H12O6/c13-7-3-5-1-2-6(4-8(14)17-7)10-9(5)11(15)18-12(10)16/h5-6,9-10H,1-4H2. The van der Waals surface area contributed by atoms with Gasteiger partial charge < -0.3 is 9.47 Å². The van der Waals surface area contributed by atoms with E-state index in [1.165, 1.54) is 0 Å². The van der Waals surface area contributed by atoms with Crippen molar-refractivity contribution in [2.75, 3.05) is 0 Å². The number of hydrogen-bond donors (Lipinski definition) is 0. The summed E-state index contributed by atoms with van der Waals surface area (Å²) in [5.41, 5.74) is 0. The fourth-order valence-electron chi connectivity index (χ4n) is 3.38. The van der Waals surface area contributed by atoms with Gasteiger partial charge in [-0.2, -0.15) is 0 Å². The topological polar surface area (TPSA) is 86.7 Å². The fraction of sp³-hybridized carbons (Fsp3) is 0.667. The number of ether oxygens (including phenoxy) is 2. The van der Waals surface area contributed by atoms with Crippen LogP contribution in [0, 0.1) is 23.7 Å². The summed E-state index contributed by atoms with van der Waals surface area (Å²) < 4.78 is 9.32. The first-order valence-corrected chi connectivity index (χ1v) is 6.05. The second-order valence-corrected chi connectivity index (χ2v) is 5.14. The molecule has 0 N–H and O–H groups in total. The van der Waals surface area contributed by atoms with E-state index in [1.54, 1.807) is 0 Å². The molecular formula is C12H12O6. The van der Waals surface area contributed by atoms with Crippen molar-refractivity contribution < 1.29 is 28.7 Å². The van der Waals surface area contributed by atoms with Crippen LogP contribution in [0.3, 0.4) is 0 Å². The molecule has 6 heteroatoms. The molecule has 4 aliphatic rings. The van der Waals surface area contributed by atoms with Gasteiger partial charge in [0.25, 0.3) is 0 Å². The first-order chi connectivity index (χ1) is 8.56. The van der Waals surface area contributed by atoms with E-state index in [0.717, 1.165) is 0 Å².